The van der Waals surface area contributed by atoms with Crippen LogP contribution in [-0.4, -0.2) is 18.1 Å². The molecule has 1 aliphatic heterocycles. The minimum atomic E-state index is -0.622. The maximum Gasteiger partial charge on any atom is 0.319 e. The van der Waals surface area contributed by atoms with Crippen LogP contribution in [0.1, 0.15) is 62.6 Å². The van der Waals surface area contributed by atoms with Gasteiger partial charge in [0.05, 0.1) is 6.04 Å². The Hall–Kier alpha value is -2.30. The van der Waals surface area contributed by atoms with Gasteiger partial charge < -0.3 is 15.4 Å². The number of aryl methyl sites for hydroxylation is 1. The third-order valence-corrected chi connectivity index (χ3v) is 5.36. The molecule has 1 aromatic carbocycles. The standard InChI is InChI=1S/C21H28N2O3/c1-3-15-10-12-16(13-11-15)19-18(14(2)22-21(25)23-19)20(24)26-17-8-6-4-5-7-9-17/h10-13,17-19H,2-9H2,1H3,(H2,22,23,25). The molecule has 140 valence electrons. The van der Waals surface area contributed by atoms with Crippen LogP contribution in [-0.2, 0) is 16.0 Å². The number of carbonyl (C=O) groups excluding carboxylic acids is 2. The minimum Gasteiger partial charge on any atom is -0.462 e. The molecule has 1 saturated carbocycles. The molecule has 2 N–H and O–H groups in total. The fraction of sp³-hybridized carbons (Fsp3) is 0.524. The van der Waals surface area contributed by atoms with Gasteiger partial charge in [-0.3, -0.25) is 4.79 Å². The third-order valence-electron chi connectivity index (χ3n) is 5.36. The van der Waals surface area contributed by atoms with Crippen molar-refractivity contribution in [2.75, 3.05) is 0 Å². The number of nitrogens with one attached hydrogen (secondary N) is 2. The molecule has 1 heterocycles. The molecular formula is C21H28N2O3. The molecule has 2 fully saturated rings. The highest BCUT2D eigenvalue weighted by Crippen LogP contribution is 2.32. The molecule has 26 heavy (non-hydrogen) atoms. The van der Waals surface area contributed by atoms with Gasteiger partial charge in [0.25, 0.3) is 0 Å². The van der Waals surface area contributed by atoms with E-state index in [4.69, 9.17) is 4.74 Å². The van der Waals surface area contributed by atoms with Crippen molar-refractivity contribution in [1.82, 2.24) is 10.6 Å². The quantitative estimate of drug-likeness (QED) is 0.633. The summed E-state index contributed by atoms with van der Waals surface area (Å²) in [6.07, 6.45) is 7.35. The lowest BCUT2D eigenvalue weighted by molar-refractivity contribution is -0.154. The Morgan fingerprint density at radius 2 is 1.81 bits per heavy atom. The summed E-state index contributed by atoms with van der Waals surface area (Å²) < 4.78 is 5.82. The van der Waals surface area contributed by atoms with Crippen molar-refractivity contribution in [3.63, 3.8) is 0 Å². The Morgan fingerprint density at radius 3 is 2.42 bits per heavy atom. The summed E-state index contributed by atoms with van der Waals surface area (Å²) in [6, 6.07) is 7.20. The lowest BCUT2D eigenvalue weighted by Gasteiger charge is -2.34. The van der Waals surface area contributed by atoms with E-state index in [9.17, 15) is 9.59 Å². The first-order valence-corrected chi connectivity index (χ1v) is 9.64. The highest BCUT2D eigenvalue weighted by molar-refractivity contribution is 5.85. The summed E-state index contributed by atoms with van der Waals surface area (Å²) in [5.74, 6) is -0.928. The summed E-state index contributed by atoms with van der Waals surface area (Å²) >= 11 is 0. The predicted molar refractivity (Wildman–Crippen MR) is 100 cm³/mol. The molecule has 2 amide bonds. The van der Waals surface area contributed by atoms with Crippen LogP contribution < -0.4 is 10.6 Å². The van der Waals surface area contributed by atoms with Crippen LogP contribution in [0.15, 0.2) is 36.5 Å². The smallest absolute Gasteiger partial charge is 0.319 e. The number of benzene rings is 1. The van der Waals surface area contributed by atoms with Gasteiger partial charge in [0.1, 0.15) is 12.0 Å². The summed E-state index contributed by atoms with van der Waals surface area (Å²) in [7, 11) is 0. The second kappa shape index (κ2) is 8.39. The Bertz CT molecular complexity index is 660. The number of urea groups is 1. The molecule has 0 spiro atoms. The van der Waals surface area contributed by atoms with Crippen molar-refractivity contribution < 1.29 is 14.3 Å². The lowest BCUT2D eigenvalue weighted by Crippen LogP contribution is -2.51. The van der Waals surface area contributed by atoms with Crippen molar-refractivity contribution in [1.29, 1.82) is 0 Å². The number of rotatable bonds is 4. The molecule has 0 aromatic heterocycles. The van der Waals surface area contributed by atoms with Crippen LogP contribution in [0, 0.1) is 5.92 Å². The zero-order valence-electron chi connectivity index (χ0n) is 15.4. The Morgan fingerprint density at radius 1 is 1.15 bits per heavy atom. The van der Waals surface area contributed by atoms with Gasteiger partial charge in [-0.05, 0) is 43.2 Å². The van der Waals surface area contributed by atoms with E-state index in [2.05, 4.69) is 24.1 Å². The summed E-state index contributed by atoms with van der Waals surface area (Å²) in [5, 5.41) is 5.51. The Kier molecular flexibility index (Phi) is 5.96. The van der Waals surface area contributed by atoms with Gasteiger partial charge >= 0.3 is 12.0 Å². The molecule has 2 aliphatic rings. The largest absolute Gasteiger partial charge is 0.462 e. The average Bonchev–Trinajstić information content (AvgIpc) is 2.89. The van der Waals surface area contributed by atoms with E-state index < -0.39 is 12.0 Å². The van der Waals surface area contributed by atoms with Gasteiger partial charge in [0.2, 0.25) is 0 Å². The predicted octanol–water partition coefficient (Wildman–Crippen LogP) is 4.00. The molecule has 1 aromatic rings. The van der Waals surface area contributed by atoms with Crippen LogP contribution >= 0.6 is 0 Å². The molecule has 5 heteroatoms. The average molecular weight is 356 g/mol. The van der Waals surface area contributed by atoms with Crippen LogP contribution in [0.4, 0.5) is 4.79 Å². The molecule has 1 saturated heterocycles. The summed E-state index contributed by atoms with van der Waals surface area (Å²) in [5.41, 5.74) is 2.50. The molecular weight excluding hydrogens is 328 g/mol. The van der Waals surface area contributed by atoms with Crippen molar-refractivity contribution >= 4 is 12.0 Å². The van der Waals surface area contributed by atoms with Crippen LogP contribution in [0.25, 0.3) is 0 Å². The van der Waals surface area contributed by atoms with Gasteiger partial charge in [0.15, 0.2) is 0 Å². The van der Waals surface area contributed by atoms with Gasteiger partial charge in [0, 0.05) is 5.70 Å². The molecule has 2 unspecified atom stereocenters. The second-order valence-corrected chi connectivity index (χ2v) is 7.22. The molecule has 2 atom stereocenters. The van der Waals surface area contributed by atoms with E-state index in [1.807, 2.05) is 24.3 Å². The van der Waals surface area contributed by atoms with Gasteiger partial charge in [-0.25, -0.2) is 4.79 Å². The number of carbonyl (C=O) groups is 2. The topological polar surface area (TPSA) is 67.4 Å². The number of hydrogen-bond acceptors (Lipinski definition) is 3. The maximum atomic E-state index is 12.9. The zero-order chi connectivity index (χ0) is 18.5. The van der Waals surface area contributed by atoms with Gasteiger partial charge in [-0.2, -0.15) is 0 Å². The van der Waals surface area contributed by atoms with Crippen LogP contribution in [0.3, 0.4) is 0 Å². The first-order valence-electron chi connectivity index (χ1n) is 9.64. The van der Waals surface area contributed by atoms with Crippen molar-refractivity contribution in [3.8, 4) is 0 Å². The Balaban J connectivity index is 1.78. The number of amides is 2. The van der Waals surface area contributed by atoms with E-state index in [0.717, 1.165) is 37.7 Å². The molecule has 0 bridgehead atoms. The highest BCUT2D eigenvalue weighted by atomic mass is 16.5. The van der Waals surface area contributed by atoms with E-state index in [0.29, 0.717) is 5.70 Å². The van der Waals surface area contributed by atoms with E-state index >= 15 is 0 Å². The monoisotopic (exact) mass is 356 g/mol. The lowest BCUT2D eigenvalue weighted by atomic mass is 9.88. The first kappa shape index (κ1) is 18.5. The third kappa shape index (κ3) is 4.26. The normalized spacial score (nSPS) is 24.3. The van der Waals surface area contributed by atoms with E-state index in [-0.39, 0.29) is 18.1 Å². The second-order valence-electron chi connectivity index (χ2n) is 7.22. The maximum absolute atomic E-state index is 12.9. The van der Waals surface area contributed by atoms with Crippen LogP contribution in [0.5, 0.6) is 0 Å². The first-order chi connectivity index (χ1) is 12.6. The number of ether oxygens (including phenoxy) is 1. The number of esters is 1. The minimum absolute atomic E-state index is 0.0291. The molecule has 3 rings (SSSR count). The zero-order valence-corrected chi connectivity index (χ0v) is 15.4. The van der Waals surface area contributed by atoms with E-state index in [1.165, 1.54) is 18.4 Å². The fourth-order valence-electron chi connectivity index (χ4n) is 3.80. The SMILES string of the molecule is C=C1NC(=O)NC(c2ccc(CC)cc2)C1C(=O)OC1CCCCCC1. The van der Waals surface area contributed by atoms with Crippen molar-refractivity contribution in [2.45, 2.75) is 64.0 Å². The summed E-state index contributed by atoms with van der Waals surface area (Å²) in [6.45, 7) is 6.01. The summed E-state index contributed by atoms with van der Waals surface area (Å²) in [4.78, 5) is 24.9. The van der Waals surface area contributed by atoms with Crippen molar-refractivity contribution in [3.05, 3.63) is 47.7 Å². The number of hydrogen-bond donors (Lipinski definition) is 2. The van der Waals surface area contributed by atoms with Gasteiger partial charge in [-0.15, -0.1) is 0 Å². The van der Waals surface area contributed by atoms with E-state index in [1.54, 1.807) is 0 Å². The fourth-order valence-corrected chi connectivity index (χ4v) is 3.80. The van der Waals surface area contributed by atoms with Crippen molar-refractivity contribution in [2.24, 2.45) is 5.92 Å². The molecule has 0 radical (unpaired) electrons. The molecule has 1 aliphatic carbocycles. The Labute approximate surface area is 155 Å². The van der Waals surface area contributed by atoms with Gasteiger partial charge in [-0.1, -0.05) is 50.6 Å². The molecule has 5 nitrogen and oxygen atoms in total. The highest BCUT2D eigenvalue weighted by Gasteiger charge is 2.39. The van der Waals surface area contributed by atoms with Crippen LogP contribution in [0.2, 0.25) is 0 Å².